The van der Waals surface area contributed by atoms with Gasteiger partial charge in [-0.3, -0.25) is 4.79 Å². The molecule has 1 aliphatic carbocycles. The van der Waals surface area contributed by atoms with E-state index in [1.54, 1.807) is 11.3 Å². The summed E-state index contributed by atoms with van der Waals surface area (Å²) < 4.78 is 1.16. The lowest BCUT2D eigenvalue weighted by molar-refractivity contribution is -0.144. The van der Waals surface area contributed by atoms with Gasteiger partial charge in [0.25, 0.3) is 0 Å². The lowest BCUT2D eigenvalue weighted by Crippen LogP contribution is -2.34. The number of carboxylic acids is 1. The van der Waals surface area contributed by atoms with Gasteiger partial charge >= 0.3 is 5.97 Å². The fraction of sp³-hybridized carbons (Fsp3) is 0.643. The van der Waals surface area contributed by atoms with Gasteiger partial charge in [-0.2, -0.15) is 0 Å². The number of carbonyl (C=O) groups is 1. The van der Waals surface area contributed by atoms with Crippen LogP contribution in [0.15, 0.2) is 10.5 Å². The standard InChI is InChI=1S/C14H20BrNO2S/c1-9-13(15)6-11(19-9)8-16-7-10-4-2-3-5-12(10)14(17)18/h6,10,12,16H,2-5,7-8H2,1H3,(H,17,18). The maximum absolute atomic E-state index is 11.2. The van der Waals surface area contributed by atoms with E-state index in [1.165, 1.54) is 16.2 Å². The molecule has 2 N–H and O–H groups in total. The summed E-state index contributed by atoms with van der Waals surface area (Å²) in [6, 6.07) is 2.14. The summed E-state index contributed by atoms with van der Waals surface area (Å²) in [6.45, 7) is 3.74. The van der Waals surface area contributed by atoms with E-state index in [0.29, 0.717) is 0 Å². The van der Waals surface area contributed by atoms with Crippen molar-refractivity contribution in [2.75, 3.05) is 6.54 Å². The Balaban J connectivity index is 1.82. The predicted molar refractivity (Wildman–Crippen MR) is 81.5 cm³/mol. The second-order valence-corrected chi connectivity index (χ2v) is 7.43. The average Bonchev–Trinajstić information content (AvgIpc) is 2.69. The second-order valence-electron chi connectivity index (χ2n) is 5.24. The van der Waals surface area contributed by atoms with Crippen LogP contribution in [0.3, 0.4) is 0 Å². The highest BCUT2D eigenvalue weighted by Gasteiger charge is 2.30. The van der Waals surface area contributed by atoms with Gasteiger partial charge in [-0.25, -0.2) is 0 Å². The molecule has 0 spiro atoms. The summed E-state index contributed by atoms with van der Waals surface area (Å²) in [7, 11) is 0. The molecule has 19 heavy (non-hydrogen) atoms. The monoisotopic (exact) mass is 345 g/mol. The first kappa shape index (κ1) is 15.0. The van der Waals surface area contributed by atoms with Gasteiger partial charge in [0.15, 0.2) is 0 Å². The number of aryl methyl sites for hydroxylation is 1. The molecule has 0 radical (unpaired) electrons. The number of carboxylic acid groups (broad SMARTS) is 1. The first-order valence-corrected chi connectivity index (χ1v) is 8.37. The number of hydrogen-bond acceptors (Lipinski definition) is 3. The Morgan fingerprint density at radius 2 is 2.26 bits per heavy atom. The third-order valence-electron chi connectivity index (χ3n) is 3.84. The molecule has 2 atom stereocenters. The molecule has 1 heterocycles. The molecule has 106 valence electrons. The van der Waals surface area contributed by atoms with Gasteiger partial charge in [0, 0.05) is 20.8 Å². The van der Waals surface area contributed by atoms with E-state index in [4.69, 9.17) is 0 Å². The Morgan fingerprint density at radius 1 is 1.53 bits per heavy atom. The first-order chi connectivity index (χ1) is 9.08. The normalized spacial score (nSPS) is 23.5. The Morgan fingerprint density at radius 3 is 2.89 bits per heavy atom. The van der Waals surface area contributed by atoms with E-state index in [1.807, 2.05) is 0 Å². The smallest absolute Gasteiger partial charge is 0.306 e. The van der Waals surface area contributed by atoms with Crippen LogP contribution in [-0.4, -0.2) is 17.6 Å². The topological polar surface area (TPSA) is 49.3 Å². The van der Waals surface area contributed by atoms with Gasteiger partial charge in [0.1, 0.15) is 0 Å². The molecule has 0 aromatic carbocycles. The zero-order chi connectivity index (χ0) is 13.8. The summed E-state index contributed by atoms with van der Waals surface area (Å²) in [5.41, 5.74) is 0. The minimum Gasteiger partial charge on any atom is -0.481 e. The molecule has 0 aliphatic heterocycles. The van der Waals surface area contributed by atoms with Crippen molar-refractivity contribution in [3.8, 4) is 0 Å². The molecule has 1 aromatic heterocycles. The largest absolute Gasteiger partial charge is 0.481 e. The first-order valence-electron chi connectivity index (χ1n) is 6.76. The zero-order valence-corrected chi connectivity index (χ0v) is 13.5. The van der Waals surface area contributed by atoms with Gasteiger partial charge in [0.05, 0.1) is 5.92 Å². The Kier molecular flexibility index (Phi) is 5.42. The molecule has 0 bridgehead atoms. The highest BCUT2D eigenvalue weighted by molar-refractivity contribution is 9.10. The highest BCUT2D eigenvalue weighted by atomic mass is 79.9. The predicted octanol–water partition coefficient (Wildman–Crippen LogP) is 3.80. The zero-order valence-electron chi connectivity index (χ0n) is 11.1. The van der Waals surface area contributed by atoms with Crippen LogP contribution >= 0.6 is 27.3 Å². The molecule has 1 fully saturated rings. The van der Waals surface area contributed by atoms with Gasteiger partial charge in [-0.1, -0.05) is 12.8 Å². The second kappa shape index (κ2) is 6.86. The van der Waals surface area contributed by atoms with Crippen LogP contribution in [0.25, 0.3) is 0 Å². The van der Waals surface area contributed by atoms with Crippen LogP contribution in [0.5, 0.6) is 0 Å². The molecule has 1 aliphatic rings. The van der Waals surface area contributed by atoms with Crippen LogP contribution in [0.4, 0.5) is 0 Å². The molecular weight excluding hydrogens is 326 g/mol. The molecule has 0 amide bonds. The number of halogens is 1. The minimum absolute atomic E-state index is 0.155. The number of rotatable bonds is 5. The van der Waals surface area contributed by atoms with Crippen LogP contribution in [0, 0.1) is 18.8 Å². The van der Waals surface area contributed by atoms with Crippen LogP contribution in [0.1, 0.15) is 35.4 Å². The van der Waals surface area contributed by atoms with Crippen LogP contribution in [-0.2, 0) is 11.3 Å². The van der Waals surface area contributed by atoms with Crippen molar-refractivity contribution in [2.24, 2.45) is 11.8 Å². The van der Waals surface area contributed by atoms with Crippen molar-refractivity contribution in [3.63, 3.8) is 0 Å². The molecule has 1 saturated carbocycles. The third-order valence-corrected chi connectivity index (χ3v) is 5.98. The summed E-state index contributed by atoms with van der Waals surface area (Å²) in [4.78, 5) is 13.8. The number of hydrogen-bond donors (Lipinski definition) is 2. The van der Waals surface area contributed by atoms with Crippen LogP contribution < -0.4 is 5.32 Å². The highest BCUT2D eigenvalue weighted by Crippen LogP contribution is 2.30. The van der Waals surface area contributed by atoms with E-state index in [-0.39, 0.29) is 11.8 Å². The minimum atomic E-state index is -0.624. The molecular formula is C14H20BrNO2S. The SMILES string of the molecule is Cc1sc(CNCC2CCCCC2C(=O)O)cc1Br. The maximum Gasteiger partial charge on any atom is 0.306 e. The van der Waals surface area contributed by atoms with Crippen LogP contribution in [0.2, 0.25) is 0 Å². The van der Waals surface area contributed by atoms with Crippen molar-refractivity contribution in [3.05, 3.63) is 20.3 Å². The summed E-state index contributed by atoms with van der Waals surface area (Å²) in [5.74, 6) is -0.491. The van der Waals surface area contributed by atoms with Crippen molar-refractivity contribution in [1.82, 2.24) is 5.32 Å². The van der Waals surface area contributed by atoms with Crippen molar-refractivity contribution in [1.29, 1.82) is 0 Å². The maximum atomic E-state index is 11.2. The molecule has 2 rings (SSSR count). The number of aliphatic carboxylic acids is 1. The molecule has 0 saturated heterocycles. The van der Waals surface area contributed by atoms with E-state index in [2.05, 4.69) is 34.2 Å². The van der Waals surface area contributed by atoms with E-state index >= 15 is 0 Å². The Bertz CT molecular complexity index is 427. The quantitative estimate of drug-likeness (QED) is 0.853. The van der Waals surface area contributed by atoms with Crippen molar-refractivity contribution >= 4 is 33.2 Å². The summed E-state index contributed by atoms with van der Waals surface area (Å²) in [6.07, 6.45) is 4.10. The molecule has 3 nitrogen and oxygen atoms in total. The number of thiophene rings is 1. The summed E-state index contributed by atoms with van der Waals surface area (Å²) in [5, 5.41) is 12.7. The lowest BCUT2D eigenvalue weighted by atomic mass is 9.79. The van der Waals surface area contributed by atoms with Gasteiger partial charge < -0.3 is 10.4 Å². The molecule has 2 unspecified atom stereocenters. The van der Waals surface area contributed by atoms with E-state index < -0.39 is 5.97 Å². The third kappa shape index (κ3) is 4.04. The van der Waals surface area contributed by atoms with Crippen molar-refractivity contribution < 1.29 is 9.90 Å². The van der Waals surface area contributed by atoms with Gasteiger partial charge in [-0.05, 0) is 54.2 Å². The Labute approximate surface area is 126 Å². The lowest BCUT2D eigenvalue weighted by Gasteiger charge is -2.28. The van der Waals surface area contributed by atoms with Gasteiger partial charge in [-0.15, -0.1) is 11.3 Å². The fourth-order valence-corrected chi connectivity index (χ4v) is 4.33. The average molecular weight is 346 g/mol. The van der Waals surface area contributed by atoms with Gasteiger partial charge in [0.2, 0.25) is 0 Å². The molecule has 5 heteroatoms. The van der Waals surface area contributed by atoms with Crippen molar-refractivity contribution in [2.45, 2.75) is 39.2 Å². The van der Waals surface area contributed by atoms with E-state index in [0.717, 1.165) is 36.8 Å². The molecule has 1 aromatic rings. The van der Waals surface area contributed by atoms with E-state index in [9.17, 15) is 9.90 Å². The fourth-order valence-electron chi connectivity index (χ4n) is 2.76. The Hall–Kier alpha value is -0.390. The number of nitrogens with one attached hydrogen (secondary N) is 1. The summed E-state index contributed by atoms with van der Waals surface area (Å²) >= 11 is 5.30.